The largest absolute Gasteiger partial charge is 0.393 e. The molecule has 2 fully saturated rings. The molecule has 2 atom stereocenters. The molecule has 3 nitrogen and oxygen atoms in total. The van der Waals surface area contributed by atoms with Crippen molar-refractivity contribution in [3.05, 3.63) is 0 Å². The van der Waals surface area contributed by atoms with Gasteiger partial charge in [-0.25, -0.2) is 0 Å². The summed E-state index contributed by atoms with van der Waals surface area (Å²) in [4.78, 5) is 5.17. The maximum atomic E-state index is 9.71. The predicted molar refractivity (Wildman–Crippen MR) is 66.6 cm³/mol. The number of aliphatic hydroxyl groups is 1. The summed E-state index contributed by atoms with van der Waals surface area (Å²) in [6.45, 7) is 8.36. The molecule has 1 aliphatic carbocycles. The van der Waals surface area contributed by atoms with Gasteiger partial charge in [-0.2, -0.15) is 0 Å². The smallest absolute Gasteiger partial charge is 0.0555 e. The molecule has 2 aliphatic rings. The van der Waals surface area contributed by atoms with E-state index < -0.39 is 0 Å². The molecule has 0 aromatic rings. The average Bonchev–Trinajstić information content (AvgIpc) is 2.30. The van der Waals surface area contributed by atoms with Crippen molar-refractivity contribution in [3.8, 4) is 0 Å². The fourth-order valence-corrected chi connectivity index (χ4v) is 3.14. The molecule has 0 aromatic carbocycles. The van der Waals surface area contributed by atoms with Crippen LogP contribution in [0.3, 0.4) is 0 Å². The summed E-state index contributed by atoms with van der Waals surface area (Å²) >= 11 is 0. The van der Waals surface area contributed by atoms with Crippen LogP contribution in [-0.2, 0) is 0 Å². The summed E-state index contributed by atoms with van der Waals surface area (Å²) in [5.74, 6) is 0. The lowest BCUT2D eigenvalue weighted by Gasteiger charge is -2.41. The maximum Gasteiger partial charge on any atom is 0.0555 e. The minimum absolute atomic E-state index is 0.0348. The Labute approximate surface area is 99.4 Å². The lowest BCUT2D eigenvalue weighted by molar-refractivity contribution is 0.0340. The standard InChI is InChI=1S/C13H26N2O/c1-2-6-14-7-9-15(10-8-14)12-4-3-5-13(16)11-12/h12-13,16H,2-11H2,1H3. The van der Waals surface area contributed by atoms with Gasteiger partial charge in [0.15, 0.2) is 0 Å². The molecule has 2 rings (SSSR count). The van der Waals surface area contributed by atoms with E-state index in [1.165, 1.54) is 52.0 Å². The van der Waals surface area contributed by atoms with E-state index >= 15 is 0 Å². The lowest BCUT2D eigenvalue weighted by atomic mass is 9.91. The van der Waals surface area contributed by atoms with Gasteiger partial charge in [-0.1, -0.05) is 6.92 Å². The van der Waals surface area contributed by atoms with E-state index in [-0.39, 0.29) is 6.10 Å². The third kappa shape index (κ3) is 3.19. The molecule has 1 N–H and O–H groups in total. The van der Waals surface area contributed by atoms with Crippen LogP contribution in [0.1, 0.15) is 39.0 Å². The van der Waals surface area contributed by atoms with Crippen LogP contribution < -0.4 is 0 Å². The third-order valence-corrected chi connectivity index (χ3v) is 4.08. The number of piperazine rings is 1. The molecular weight excluding hydrogens is 200 g/mol. The summed E-state index contributed by atoms with van der Waals surface area (Å²) in [7, 11) is 0. The number of rotatable bonds is 3. The highest BCUT2D eigenvalue weighted by Crippen LogP contribution is 2.23. The SMILES string of the molecule is CCCN1CCN(C2CCCC(O)C2)CC1. The Kier molecular flexibility index (Phi) is 4.62. The number of hydrogen-bond donors (Lipinski definition) is 1. The highest BCUT2D eigenvalue weighted by atomic mass is 16.3. The van der Waals surface area contributed by atoms with Crippen LogP contribution in [0, 0.1) is 0 Å². The van der Waals surface area contributed by atoms with Gasteiger partial charge >= 0.3 is 0 Å². The Hall–Kier alpha value is -0.120. The van der Waals surface area contributed by atoms with Gasteiger partial charge in [-0.05, 0) is 38.6 Å². The van der Waals surface area contributed by atoms with Crippen molar-refractivity contribution in [1.82, 2.24) is 9.80 Å². The third-order valence-electron chi connectivity index (χ3n) is 4.08. The molecule has 94 valence electrons. The van der Waals surface area contributed by atoms with E-state index in [4.69, 9.17) is 0 Å². The van der Waals surface area contributed by atoms with Crippen LogP contribution in [0.5, 0.6) is 0 Å². The summed E-state index contributed by atoms with van der Waals surface area (Å²) in [6, 6.07) is 0.660. The zero-order chi connectivity index (χ0) is 11.4. The molecule has 1 saturated heterocycles. The topological polar surface area (TPSA) is 26.7 Å². The molecule has 2 unspecified atom stereocenters. The Balaban J connectivity index is 1.75. The Bertz CT molecular complexity index is 202. The van der Waals surface area contributed by atoms with Gasteiger partial charge in [-0.3, -0.25) is 4.90 Å². The van der Waals surface area contributed by atoms with E-state index in [2.05, 4.69) is 16.7 Å². The van der Waals surface area contributed by atoms with Crippen molar-refractivity contribution in [3.63, 3.8) is 0 Å². The summed E-state index contributed by atoms with van der Waals surface area (Å²) in [5, 5.41) is 9.71. The second-order valence-electron chi connectivity index (χ2n) is 5.35. The van der Waals surface area contributed by atoms with Gasteiger partial charge in [0.2, 0.25) is 0 Å². The molecule has 1 heterocycles. The quantitative estimate of drug-likeness (QED) is 0.786. The molecule has 1 aliphatic heterocycles. The van der Waals surface area contributed by atoms with Crippen molar-refractivity contribution in [2.24, 2.45) is 0 Å². The van der Waals surface area contributed by atoms with Crippen LogP contribution in [0.2, 0.25) is 0 Å². The fraction of sp³-hybridized carbons (Fsp3) is 1.00. The Morgan fingerprint density at radius 1 is 1.12 bits per heavy atom. The van der Waals surface area contributed by atoms with Crippen molar-refractivity contribution >= 4 is 0 Å². The molecular formula is C13H26N2O. The monoisotopic (exact) mass is 226 g/mol. The Morgan fingerprint density at radius 3 is 2.50 bits per heavy atom. The highest BCUT2D eigenvalue weighted by molar-refractivity contribution is 4.83. The van der Waals surface area contributed by atoms with Gasteiger partial charge < -0.3 is 10.0 Å². The van der Waals surface area contributed by atoms with E-state index in [0.717, 1.165) is 12.8 Å². The summed E-state index contributed by atoms with van der Waals surface area (Å²) < 4.78 is 0. The molecule has 0 aromatic heterocycles. The van der Waals surface area contributed by atoms with Crippen molar-refractivity contribution in [2.75, 3.05) is 32.7 Å². The zero-order valence-electron chi connectivity index (χ0n) is 10.6. The van der Waals surface area contributed by atoms with Crippen molar-refractivity contribution in [2.45, 2.75) is 51.2 Å². The van der Waals surface area contributed by atoms with E-state index in [0.29, 0.717) is 6.04 Å². The summed E-state index contributed by atoms with van der Waals surface area (Å²) in [5.41, 5.74) is 0. The van der Waals surface area contributed by atoms with E-state index in [1.54, 1.807) is 0 Å². The highest BCUT2D eigenvalue weighted by Gasteiger charge is 2.27. The number of hydrogen-bond acceptors (Lipinski definition) is 3. The lowest BCUT2D eigenvalue weighted by Crippen LogP contribution is -2.51. The van der Waals surface area contributed by atoms with Crippen LogP contribution in [-0.4, -0.2) is 59.8 Å². The van der Waals surface area contributed by atoms with Crippen molar-refractivity contribution < 1.29 is 5.11 Å². The van der Waals surface area contributed by atoms with Gasteiger partial charge in [0, 0.05) is 32.2 Å². The number of nitrogens with zero attached hydrogens (tertiary/aromatic N) is 2. The van der Waals surface area contributed by atoms with Gasteiger partial charge in [0.05, 0.1) is 6.10 Å². The minimum Gasteiger partial charge on any atom is -0.393 e. The fourth-order valence-electron chi connectivity index (χ4n) is 3.14. The van der Waals surface area contributed by atoms with E-state index in [9.17, 15) is 5.11 Å². The molecule has 3 heteroatoms. The normalized spacial score (nSPS) is 34.1. The maximum absolute atomic E-state index is 9.71. The molecule has 0 bridgehead atoms. The summed E-state index contributed by atoms with van der Waals surface area (Å²) in [6.07, 6.45) is 5.76. The van der Waals surface area contributed by atoms with Crippen LogP contribution >= 0.6 is 0 Å². The second-order valence-corrected chi connectivity index (χ2v) is 5.35. The average molecular weight is 226 g/mol. The van der Waals surface area contributed by atoms with E-state index in [1.807, 2.05) is 0 Å². The molecule has 0 amide bonds. The zero-order valence-corrected chi connectivity index (χ0v) is 10.6. The van der Waals surface area contributed by atoms with Crippen LogP contribution in [0.25, 0.3) is 0 Å². The van der Waals surface area contributed by atoms with Crippen LogP contribution in [0.4, 0.5) is 0 Å². The first-order valence-electron chi connectivity index (χ1n) is 6.94. The molecule has 1 saturated carbocycles. The first-order chi connectivity index (χ1) is 7.79. The van der Waals surface area contributed by atoms with Gasteiger partial charge in [0.1, 0.15) is 0 Å². The van der Waals surface area contributed by atoms with Crippen LogP contribution in [0.15, 0.2) is 0 Å². The first-order valence-corrected chi connectivity index (χ1v) is 6.94. The van der Waals surface area contributed by atoms with Gasteiger partial charge in [-0.15, -0.1) is 0 Å². The predicted octanol–water partition coefficient (Wildman–Crippen LogP) is 1.32. The first kappa shape index (κ1) is 12.3. The molecule has 16 heavy (non-hydrogen) atoms. The molecule has 0 radical (unpaired) electrons. The minimum atomic E-state index is -0.0348. The van der Waals surface area contributed by atoms with Crippen molar-refractivity contribution in [1.29, 1.82) is 0 Å². The van der Waals surface area contributed by atoms with Gasteiger partial charge in [0.25, 0.3) is 0 Å². The molecule has 0 spiro atoms. The second kappa shape index (κ2) is 5.99. The number of aliphatic hydroxyl groups excluding tert-OH is 1. The Morgan fingerprint density at radius 2 is 1.88 bits per heavy atom.